The monoisotopic (exact) mass is 510 g/mol. The van der Waals surface area contributed by atoms with Gasteiger partial charge in [0.25, 0.3) is 0 Å². The van der Waals surface area contributed by atoms with E-state index in [2.05, 4.69) is 113 Å². The second kappa shape index (κ2) is 8.08. The Morgan fingerprint density at radius 3 is 0.759 bits per heavy atom. The van der Waals surface area contributed by atoms with Gasteiger partial charge in [-0.25, -0.2) is 0 Å². The molecule has 3 aromatic carbocycles. The van der Waals surface area contributed by atoms with E-state index in [0.29, 0.717) is 0 Å². The van der Waals surface area contributed by atoms with Crippen LogP contribution in [0, 0.1) is 62.3 Å². The van der Waals surface area contributed by atoms with E-state index in [9.17, 15) is 0 Å². The molecule has 0 radical (unpaired) electrons. The number of hydrogen-bond donors (Lipinski definition) is 0. The molecule has 0 aliphatic carbocycles. The Labute approximate surface area is 186 Å². The Morgan fingerprint density at radius 1 is 0.414 bits per heavy atom. The molecule has 0 saturated carbocycles. The number of aryl methyl sites for hydroxylation is 9. The number of rotatable bonds is 3. The van der Waals surface area contributed by atoms with Crippen LogP contribution < -0.4 is 13.2 Å². The predicted molar refractivity (Wildman–Crippen MR) is 136 cm³/mol. The Hall–Kier alpha value is -1.32. The van der Waals surface area contributed by atoms with E-state index in [-0.39, 0.29) is 0 Å². The summed E-state index contributed by atoms with van der Waals surface area (Å²) in [4.78, 5) is 0. The maximum atomic E-state index is 4.58. The van der Waals surface area contributed by atoms with Crippen LogP contribution in [0.5, 0.6) is 0 Å². The van der Waals surface area contributed by atoms with Crippen molar-refractivity contribution in [3.05, 3.63) is 86.5 Å². The molecule has 0 heterocycles. The van der Waals surface area contributed by atoms with Gasteiger partial charge in [0.2, 0.25) is 0 Å². The van der Waals surface area contributed by atoms with Crippen LogP contribution in [0.1, 0.15) is 50.1 Å². The number of benzene rings is 3. The van der Waals surface area contributed by atoms with Crippen LogP contribution in [0.4, 0.5) is 0 Å². The molecule has 0 spiro atoms. The van der Waals surface area contributed by atoms with Crippen molar-refractivity contribution in [1.82, 2.24) is 0 Å². The molecule has 0 aromatic heterocycles. The van der Waals surface area contributed by atoms with Gasteiger partial charge < -0.3 is 0 Å². The molecule has 0 unspecified atom stereocenters. The molecular weight excluding hydrogens is 477 g/mol. The van der Waals surface area contributed by atoms with Crippen LogP contribution in [-0.4, -0.2) is 11.4 Å². The van der Waals surface area contributed by atoms with E-state index in [1.54, 1.807) is 13.2 Å². The van der Waals surface area contributed by atoms with Gasteiger partial charge in [0, 0.05) is 0 Å². The fourth-order valence-electron chi connectivity index (χ4n) is 5.55. The van der Waals surface area contributed by atoms with Gasteiger partial charge in [-0.3, -0.25) is 0 Å². The van der Waals surface area contributed by atoms with E-state index >= 15 is 0 Å². The summed E-state index contributed by atoms with van der Waals surface area (Å²) in [5, 5.41) is 0. The van der Waals surface area contributed by atoms with Gasteiger partial charge in [0.05, 0.1) is 0 Å². The van der Waals surface area contributed by atoms with E-state index in [4.69, 9.17) is 0 Å². The molecule has 0 amide bonds. The molecule has 0 aliphatic heterocycles. The average Bonchev–Trinajstić information content (AvgIpc) is 2.51. The Balaban J connectivity index is 2.55. The van der Waals surface area contributed by atoms with Crippen molar-refractivity contribution >= 4 is 38.6 Å². The summed E-state index contributed by atoms with van der Waals surface area (Å²) in [5.41, 5.74) is 12.5. The van der Waals surface area contributed by atoms with Crippen LogP contribution in [0.2, 0.25) is 0 Å². The number of halogens is 1. The van der Waals surface area contributed by atoms with Gasteiger partial charge in [0.15, 0.2) is 0 Å². The standard InChI is InChI=1S/C27H33BrGe/c1-16-10-19(4)25(20(5)11-16)29(28,26-21(6)12-17(2)13-22(26)7)27-23(8)14-18(3)15-24(27)9/h10-15H,1-9H3. The summed E-state index contributed by atoms with van der Waals surface area (Å²) in [6.07, 6.45) is 0. The van der Waals surface area contributed by atoms with Crippen molar-refractivity contribution in [2.45, 2.75) is 62.3 Å². The van der Waals surface area contributed by atoms with Gasteiger partial charge in [-0.2, -0.15) is 0 Å². The molecule has 0 nitrogen and oxygen atoms in total. The van der Waals surface area contributed by atoms with Crippen LogP contribution in [0.3, 0.4) is 0 Å². The maximum absolute atomic E-state index is 4.58. The summed E-state index contributed by atoms with van der Waals surface area (Å²) in [7, 11) is 0. The third-order valence-corrected chi connectivity index (χ3v) is 21.5. The Kier molecular flexibility index (Phi) is 6.23. The minimum atomic E-state index is -3.11. The van der Waals surface area contributed by atoms with E-state index < -0.39 is 11.4 Å². The van der Waals surface area contributed by atoms with Crippen molar-refractivity contribution in [1.29, 1.82) is 0 Å². The molecule has 3 rings (SSSR count). The molecule has 0 fully saturated rings. The average molecular weight is 510 g/mol. The van der Waals surface area contributed by atoms with Gasteiger partial charge >= 0.3 is 187 Å². The second-order valence-corrected chi connectivity index (χ2v) is 21.1. The molecule has 0 aliphatic rings. The quantitative estimate of drug-likeness (QED) is 0.390. The predicted octanol–water partition coefficient (Wildman–Crippen LogP) is 5.82. The van der Waals surface area contributed by atoms with Crippen molar-refractivity contribution in [2.75, 3.05) is 0 Å². The first-order valence-corrected chi connectivity index (χ1v) is 18.5. The fourth-order valence-corrected chi connectivity index (χ4v) is 24.6. The molecule has 0 bridgehead atoms. The van der Waals surface area contributed by atoms with E-state index in [1.807, 2.05) is 0 Å². The topological polar surface area (TPSA) is 0 Å². The summed E-state index contributed by atoms with van der Waals surface area (Å²) < 4.78 is 4.67. The van der Waals surface area contributed by atoms with Gasteiger partial charge in [-0.05, 0) is 0 Å². The van der Waals surface area contributed by atoms with Crippen LogP contribution in [0.15, 0.2) is 36.4 Å². The normalized spacial score (nSPS) is 11.8. The zero-order chi connectivity index (χ0) is 21.7. The molecule has 0 N–H and O–H groups in total. The van der Waals surface area contributed by atoms with Crippen LogP contribution >= 0.6 is 14.0 Å². The van der Waals surface area contributed by atoms with Gasteiger partial charge in [-0.15, -0.1) is 0 Å². The van der Waals surface area contributed by atoms with Gasteiger partial charge in [-0.1, -0.05) is 0 Å². The van der Waals surface area contributed by atoms with Crippen molar-refractivity contribution in [3.63, 3.8) is 0 Å². The molecule has 29 heavy (non-hydrogen) atoms. The molecule has 2 heteroatoms. The zero-order valence-corrected chi connectivity index (χ0v) is 23.0. The van der Waals surface area contributed by atoms with Crippen LogP contribution in [-0.2, 0) is 0 Å². The number of hydrogen-bond acceptors (Lipinski definition) is 0. The van der Waals surface area contributed by atoms with Crippen LogP contribution in [0.25, 0.3) is 0 Å². The SMILES string of the molecule is Cc1cc(C)[c]([Ge]([Br])([c]2c(C)cc(C)cc2C)[c]2c(C)cc(C)cc2C)c(C)c1. The minimum absolute atomic E-state index is 1.34. The first-order valence-electron chi connectivity index (χ1n) is 10.4. The second-order valence-electron chi connectivity index (χ2n) is 8.98. The molecule has 3 aromatic rings. The molecule has 152 valence electrons. The summed E-state index contributed by atoms with van der Waals surface area (Å²) in [5.74, 6) is 0. The summed E-state index contributed by atoms with van der Waals surface area (Å²) >= 11 is 1.47. The fraction of sp³-hybridized carbons (Fsp3) is 0.333. The first-order chi connectivity index (χ1) is 13.5. The van der Waals surface area contributed by atoms with E-state index in [0.717, 1.165) is 0 Å². The first kappa shape index (κ1) is 22.4. The van der Waals surface area contributed by atoms with Crippen molar-refractivity contribution in [2.24, 2.45) is 0 Å². The molecular formula is C27H33BrGe. The third kappa shape index (κ3) is 3.89. The van der Waals surface area contributed by atoms with Gasteiger partial charge in [0.1, 0.15) is 0 Å². The summed E-state index contributed by atoms with van der Waals surface area (Å²) in [6, 6.07) is 14.2. The zero-order valence-electron chi connectivity index (χ0n) is 19.3. The molecule has 0 saturated heterocycles. The van der Waals surface area contributed by atoms with Crippen molar-refractivity contribution < 1.29 is 0 Å². The Morgan fingerprint density at radius 2 is 0.586 bits per heavy atom. The Bertz CT molecular complexity index is 899. The molecule has 0 atom stereocenters. The third-order valence-electron chi connectivity index (χ3n) is 6.06. The van der Waals surface area contributed by atoms with E-state index in [1.165, 1.54) is 50.1 Å². The summed E-state index contributed by atoms with van der Waals surface area (Å²) in [6.45, 7) is 20.4. The van der Waals surface area contributed by atoms with Crippen molar-refractivity contribution in [3.8, 4) is 0 Å².